The zero-order valence-corrected chi connectivity index (χ0v) is 12.8. The van der Waals surface area contributed by atoms with E-state index in [1.807, 2.05) is 0 Å². The van der Waals surface area contributed by atoms with Crippen molar-refractivity contribution in [2.24, 2.45) is 11.1 Å². The molecule has 0 aliphatic rings. The zero-order chi connectivity index (χ0) is 16.3. The van der Waals surface area contributed by atoms with Gasteiger partial charge in [-0.1, -0.05) is 0 Å². The normalized spacial score (nSPS) is 12.1. The second-order valence-electron chi connectivity index (χ2n) is 4.91. The quantitative estimate of drug-likeness (QED) is 0.571. The van der Waals surface area contributed by atoms with E-state index in [-0.39, 0.29) is 18.7 Å². The summed E-state index contributed by atoms with van der Waals surface area (Å²) < 4.78 is 31.3. The average Bonchev–Trinajstić information content (AvgIpc) is 2.87. The highest BCUT2D eigenvalue weighted by Gasteiger charge is 2.30. The van der Waals surface area contributed by atoms with Gasteiger partial charge in [-0.05, 0) is 20.8 Å². The lowest BCUT2D eigenvalue weighted by Gasteiger charge is -2.20. The molecular formula is C11H18N4O5S. The number of nitrogens with two attached hydrogens (primary N) is 1. The van der Waals surface area contributed by atoms with Gasteiger partial charge in [-0.15, -0.1) is 0 Å². The van der Waals surface area contributed by atoms with Gasteiger partial charge in [0.1, 0.15) is 5.56 Å². The number of aromatic nitrogens is 2. The fourth-order valence-corrected chi connectivity index (χ4v) is 2.56. The van der Waals surface area contributed by atoms with Gasteiger partial charge in [-0.25, -0.2) is 17.9 Å². The molecule has 4 N–H and O–H groups in total. The first-order valence-electron chi connectivity index (χ1n) is 6.12. The summed E-state index contributed by atoms with van der Waals surface area (Å²) in [5, 5.41) is 5.35. The molecule has 1 aromatic heterocycles. The van der Waals surface area contributed by atoms with Gasteiger partial charge >= 0.3 is 5.97 Å². The van der Waals surface area contributed by atoms with Crippen LogP contribution in [-0.4, -0.2) is 43.6 Å². The Labute approximate surface area is 122 Å². The minimum Gasteiger partial charge on any atom is -0.462 e. The van der Waals surface area contributed by atoms with Crippen LogP contribution < -0.4 is 10.5 Å². The number of amides is 1. The number of esters is 1. The number of nitrogens with zero attached hydrogens (tertiary/aromatic N) is 1. The number of nitrogens with one attached hydrogen (secondary N) is 2. The molecule has 0 saturated carbocycles. The van der Waals surface area contributed by atoms with Gasteiger partial charge in [0.25, 0.3) is 10.0 Å². The van der Waals surface area contributed by atoms with Crippen molar-refractivity contribution in [1.82, 2.24) is 14.9 Å². The van der Waals surface area contributed by atoms with Crippen molar-refractivity contribution < 1.29 is 22.7 Å². The first-order valence-corrected chi connectivity index (χ1v) is 7.60. The van der Waals surface area contributed by atoms with Gasteiger partial charge in [-0.2, -0.15) is 5.10 Å². The molecule has 0 aromatic carbocycles. The number of carbonyl (C=O) groups is 2. The summed E-state index contributed by atoms with van der Waals surface area (Å²) in [7, 11) is -4.05. The van der Waals surface area contributed by atoms with Gasteiger partial charge in [0, 0.05) is 6.54 Å². The molecule has 1 heterocycles. The van der Waals surface area contributed by atoms with Crippen molar-refractivity contribution >= 4 is 21.9 Å². The fraction of sp³-hybridized carbons (Fsp3) is 0.545. The van der Waals surface area contributed by atoms with Gasteiger partial charge in [0.15, 0.2) is 5.03 Å². The lowest BCUT2D eigenvalue weighted by Crippen LogP contribution is -2.42. The van der Waals surface area contributed by atoms with E-state index in [1.165, 1.54) is 13.8 Å². The predicted octanol–water partition coefficient (Wildman–Crippen LogP) is -0.624. The van der Waals surface area contributed by atoms with Crippen LogP contribution in [0.2, 0.25) is 0 Å². The molecule has 1 aromatic rings. The van der Waals surface area contributed by atoms with Crippen LogP contribution in [-0.2, 0) is 19.6 Å². The highest BCUT2D eigenvalue weighted by molar-refractivity contribution is 7.89. The van der Waals surface area contributed by atoms with Crippen molar-refractivity contribution in [3.63, 3.8) is 0 Å². The Kier molecular flexibility index (Phi) is 5.07. The molecule has 10 heteroatoms. The van der Waals surface area contributed by atoms with Crippen LogP contribution >= 0.6 is 0 Å². The van der Waals surface area contributed by atoms with E-state index >= 15 is 0 Å². The zero-order valence-electron chi connectivity index (χ0n) is 12.0. The lowest BCUT2D eigenvalue weighted by atomic mass is 9.93. The first-order chi connectivity index (χ1) is 9.62. The van der Waals surface area contributed by atoms with Gasteiger partial charge < -0.3 is 10.5 Å². The van der Waals surface area contributed by atoms with E-state index < -0.39 is 32.3 Å². The molecule has 0 spiro atoms. The Hall–Kier alpha value is -1.94. The number of carbonyl (C=O) groups excluding carboxylic acids is 2. The average molecular weight is 318 g/mol. The maximum absolute atomic E-state index is 12.1. The third-order valence-electron chi connectivity index (χ3n) is 2.74. The summed E-state index contributed by atoms with van der Waals surface area (Å²) in [6.07, 6.45) is 1.06. The Morgan fingerprint density at radius 1 is 1.48 bits per heavy atom. The summed E-state index contributed by atoms with van der Waals surface area (Å²) in [6, 6.07) is 0. The van der Waals surface area contributed by atoms with Crippen LogP contribution in [0.4, 0.5) is 0 Å². The van der Waals surface area contributed by atoms with E-state index in [9.17, 15) is 18.0 Å². The Morgan fingerprint density at radius 2 is 2.10 bits per heavy atom. The number of H-pyrrole nitrogens is 1. The molecule has 0 aliphatic carbocycles. The lowest BCUT2D eigenvalue weighted by molar-refractivity contribution is -0.125. The van der Waals surface area contributed by atoms with Crippen molar-refractivity contribution in [2.45, 2.75) is 25.8 Å². The molecule has 1 rings (SSSR count). The molecule has 0 bridgehead atoms. The molecule has 0 unspecified atom stereocenters. The van der Waals surface area contributed by atoms with E-state index in [1.54, 1.807) is 6.92 Å². The Bertz CT molecular complexity index is 635. The number of rotatable bonds is 7. The van der Waals surface area contributed by atoms with Crippen molar-refractivity contribution in [2.75, 3.05) is 13.2 Å². The van der Waals surface area contributed by atoms with E-state index in [0.717, 1.165) is 6.20 Å². The number of sulfonamides is 1. The summed E-state index contributed by atoms with van der Waals surface area (Å²) in [5.74, 6) is -1.46. The third kappa shape index (κ3) is 4.02. The highest BCUT2D eigenvalue weighted by atomic mass is 32.2. The van der Waals surface area contributed by atoms with Gasteiger partial charge in [-0.3, -0.25) is 9.89 Å². The molecule has 0 atom stereocenters. The summed E-state index contributed by atoms with van der Waals surface area (Å²) in [4.78, 5) is 22.8. The van der Waals surface area contributed by atoms with Crippen molar-refractivity contribution in [1.29, 1.82) is 0 Å². The maximum atomic E-state index is 12.1. The number of hydrogen-bond donors (Lipinski definition) is 3. The molecule has 1 amide bonds. The molecule has 9 nitrogen and oxygen atoms in total. The van der Waals surface area contributed by atoms with E-state index in [0.29, 0.717) is 0 Å². The molecule has 0 radical (unpaired) electrons. The first kappa shape index (κ1) is 17.1. The fourth-order valence-electron chi connectivity index (χ4n) is 1.27. The van der Waals surface area contributed by atoms with Crippen molar-refractivity contribution in [3.8, 4) is 0 Å². The standard InChI is InChI=1S/C11H18N4O5S/c1-4-20-9(16)7-5-13-15-8(7)21(18,19)14-6-11(2,3)10(12)17/h5,14H,4,6H2,1-3H3,(H2,12,17)(H,13,15). The highest BCUT2D eigenvalue weighted by Crippen LogP contribution is 2.16. The minimum absolute atomic E-state index is 0.103. The SMILES string of the molecule is CCOC(=O)c1cn[nH]c1S(=O)(=O)NCC(C)(C)C(N)=O. The summed E-state index contributed by atoms with van der Waals surface area (Å²) in [5.41, 5.74) is 3.89. The second-order valence-corrected chi connectivity index (χ2v) is 6.61. The van der Waals surface area contributed by atoms with Crippen LogP contribution in [0, 0.1) is 5.41 Å². The number of aromatic amines is 1. The largest absolute Gasteiger partial charge is 0.462 e. The predicted molar refractivity (Wildman–Crippen MR) is 72.7 cm³/mol. The molecule has 0 fully saturated rings. The summed E-state index contributed by atoms with van der Waals surface area (Å²) >= 11 is 0. The molecule has 118 valence electrons. The smallest absolute Gasteiger partial charge is 0.342 e. The summed E-state index contributed by atoms with van der Waals surface area (Å²) in [6.45, 7) is 4.48. The molecule has 0 saturated heterocycles. The van der Waals surface area contributed by atoms with Crippen LogP contribution in [0.15, 0.2) is 11.2 Å². The van der Waals surface area contributed by atoms with Crippen LogP contribution in [0.5, 0.6) is 0 Å². The second kappa shape index (κ2) is 6.22. The molecule has 21 heavy (non-hydrogen) atoms. The Morgan fingerprint density at radius 3 is 2.62 bits per heavy atom. The van der Waals surface area contributed by atoms with Crippen LogP contribution in [0.3, 0.4) is 0 Å². The van der Waals surface area contributed by atoms with Gasteiger partial charge in [0.2, 0.25) is 5.91 Å². The van der Waals surface area contributed by atoms with Crippen LogP contribution in [0.1, 0.15) is 31.1 Å². The van der Waals surface area contributed by atoms with Gasteiger partial charge in [0.05, 0.1) is 18.2 Å². The van der Waals surface area contributed by atoms with Crippen molar-refractivity contribution in [3.05, 3.63) is 11.8 Å². The molecule has 0 aliphatic heterocycles. The topological polar surface area (TPSA) is 144 Å². The number of ether oxygens (including phenoxy) is 1. The number of primary amides is 1. The van der Waals surface area contributed by atoms with Crippen LogP contribution in [0.25, 0.3) is 0 Å². The number of hydrogen-bond acceptors (Lipinski definition) is 6. The molecular weight excluding hydrogens is 300 g/mol. The minimum atomic E-state index is -4.05. The van der Waals surface area contributed by atoms with E-state index in [4.69, 9.17) is 10.5 Å². The maximum Gasteiger partial charge on any atom is 0.342 e. The monoisotopic (exact) mass is 318 g/mol. The Balaban J connectivity index is 2.97. The van der Waals surface area contributed by atoms with E-state index in [2.05, 4.69) is 14.9 Å². The third-order valence-corrected chi connectivity index (χ3v) is 4.11.